The molecule has 0 spiro atoms. The lowest BCUT2D eigenvalue weighted by molar-refractivity contribution is 0.0943. The van der Waals surface area contributed by atoms with Gasteiger partial charge >= 0.3 is 0 Å². The molecule has 0 unspecified atom stereocenters. The van der Waals surface area contributed by atoms with Gasteiger partial charge in [0.25, 0.3) is 5.91 Å². The van der Waals surface area contributed by atoms with Gasteiger partial charge in [0.15, 0.2) is 0 Å². The smallest absolute Gasteiger partial charge is 0.251 e. The normalized spacial score (nSPS) is 10.7. The van der Waals surface area contributed by atoms with Crippen LogP contribution in [0.15, 0.2) is 28.8 Å². The number of hydrogen-bond donors (Lipinski definition) is 1. The Kier molecular flexibility index (Phi) is 3.41. The van der Waals surface area contributed by atoms with Gasteiger partial charge in [-0.2, -0.15) is 4.98 Å². The van der Waals surface area contributed by atoms with Gasteiger partial charge in [-0.05, 0) is 26.0 Å². The summed E-state index contributed by atoms with van der Waals surface area (Å²) >= 11 is 0. The molecule has 5 nitrogen and oxygen atoms in total. The Labute approximate surface area is 105 Å². The first-order valence-corrected chi connectivity index (χ1v) is 5.78. The summed E-state index contributed by atoms with van der Waals surface area (Å²) in [5, 5.41) is 6.67. The Morgan fingerprint density at radius 1 is 1.39 bits per heavy atom. The third kappa shape index (κ3) is 2.74. The van der Waals surface area contributed by atoms with Gasteiger partial charge < -0.3 is 9.84 Å². The van der Waals surface area contributed by atoms with Crippen LogP contribution >= 0.6 is 0 Å². The summed E-state index contributed by atoms with van der Waals surface area (Å²) in [6.45, 7) is 5.57. The van der Waals surface area contributed by atoms with E-state index in [-0.39, 0.29) is 11.9 Å². The number of hydrogen-bond acceptors (Lipinski definition) is 4. The molecule has 94 valence electrons. The predicted molar refractivity (Wildman–Crippen MR) is 67.1 cm³/mol. The molecule has 18 heavy (non-hydrogen) atoms. The van der Waals surface area contributed by atoms with Crippen LogP contribution in [0.1, 0.15) is 30.1 Å². The Morgan fingerprint density at radius 2 is 2.17 bits per heavy atom. The molecule has 0 radical (unpaired) electrons. The molecule has 5 heteroatoms. The Bertz CT molecular complexity index is 561. The van der Waals surface area contributed by atoms with Crippen molar-refractivity contribution in [1.29, 1.82) is 0 Å². The summed E-state index contributed by atoms with van der Waals surface area (Å²) in [7, 11) is 0. The molecule has 0 bridgehead atoms. The maximum absolute atomic E-state index is 11.9. The Morgan fingerprint density at radius 3 is 2.78 bits per heavy atom. The fourth-order valence-corrected chi connectivity index (χ4v) is 1.56. The predicted octanol–water partition coefficient (Wildman–Crippen LogP) is 2.18. The lowest BCUT2D eigenvalue weighted by Crippen LogP contribution is -2.30. The number of carbonyl (C=O) groups is 1. The second kappa shape index (κ2) is 5.00. The molecular weight excluding hydrogens is 230 g/mol. The minimum absolute atomic E-state index is 0.105. The Hall–Kier alpha value is -2.17. The lowest BCUT2D eigenvalue weighted by Gasteiger charge is -2.08. The van der Waals surface area contributed by atoms with E-state index in [4.69, 9.17) is 4.52 Å². The van der Waals surface area contributed by atoms with Crippen LogP contribution < -0.4 is 5.32 Å². The number of benzene rings is 1. The van der Waals surface area contributed by atoms with E-state index in [1.165, 1.54) is 0 Å². The van der Waals surface area contributed by atoms with Crippen molar-refractivity contribution in [1.82, 2.24) is 15.5 Å². The van der Waals surface area contributed by atoms with E-state index >= 15 is 0 Å². The van der Waals surface area contributed by atoms with E-state index in [1.54, 1.807) is 25.1 Å². The van der Waals surface area contributed by atoms with Crippen molar-refractivity contribution in [3.8, 4) is 11.4 Å². The van der Waals surface area contributed by atoms with E-state index < -0.39 is 0 Å². The van der Waals surface area contributed by atoms with Crippen LogP contribution in [0.5, 0.6) is 0 Å². The summed E-state index contributed by atoms with van der Waals surface area (Å²) in [6.07, 6.45) is 0. The fourth-order valence-electron chi connectivity index (χ4n) is 1.56. The van der Waals surface area contributed by atoms with Gasteiger partial charge in [-0.1, -0.05) is 17.3 Å². The highest BCUT2D eigenvalue weighted by atomic mass is 16.5. The van der Waals surface area contributed by atoms with Crippen LogP contribution in [0, 0.1) is 6.92 Å². The van der Waals surface area contributed by atoms with Crippen LogP contribution in [0.2, 0.25) is 0 Å². The molecule has 0 saturated carbocycles. The largest absolute Gasteiger partial charge is 0.350 e. The molecule has 0 aliphatic carbocycles. The summed E-state index contributed by atoms with van der Waals surface area (Å²) in [6, 6.07) is 7.26. The van der Waals surface area contributed by atoms with Crippen LogP contribution in [-0.2, 0) is 0 Å². The van der Waals surface area contributed by atoms with Crippen molar-refractivity contribution in [3.63, 3.8) is 0 Å². The minimum Gasteiger partial charge on any atom is -0.350 e. The second-order valence-corrected chi connectivity index (χ2v) is 4.35. The van der Waals surface area contributed by atoms with Gasteiger partial charge in [-0.25, -0.2) is 0 Å². The van der Waals surface area contributed by atoms with Gasteiger partial charge in [0, 0.05) is 24.1 Å². The maximum Gasteiger partial charge on any atom is 0.251 e. The number of nitrogens with zero attached hydrogens (tertiary/aromatic N) is 2. The number of rotatable bonds is 3. The van der Waals surface area contributed by atoms with E-state index in [1.807, 2.05) is 19.9 Å². The standard InChI is InChI=1S/C13H15N3O2/c1-8(2)14-13(17)11-6-4-5-10(7-11)12-15-9(3)18-16-12/h4-8H,1-3H3,(H,14,17). The molecule has 2 rings (SSSR count). The van der Waals surface area contributed by atoms with Crippen molar-refractivity contribution in [2.24, 2.45) is 0 Å². The van der Waals surface area contributed by atoms with E-state index in [0.717, 1.165) is 5.56 Å². The topological polar surface area (TPSA) is 68.0 Å². The van der Waals surface area contributed by atoms with Gasteiger partial charge in [0.2, 0.25) is 11.7 Å². The molecule has 1 aromatic carbocycles. The number of nitrogens with one attached hydrogen (secondary N) is 1. The quantitative estimate of drug-likeness (QED) is 0.900. The lowest BCUT2D eigenvalue weighted by atomic mass is 10.1. The third-order valence-electron chi connectivity index (χ3n) is 2.33. The van der Waals surface area contributed by atoms with E-state index in [0.29, 0.717) is 17.3 Å². The van der Waals surface area contributed by atoms with Crippen molar-refractivity contribution >= 4 is 5.91 Å². The molecule has 0 aliphatic rings. The molecule has 1 amide bonds. The molecule has 0 atom stereocenters. The minimum atomic E-state index is -0.105. The van der Waals surface area contributed by atoms with Crippen LogP contribution in [0.4, 0.5) is 0 Å². The van der Waals surface area contributed by atoms with Gasteiger partial charge in [0.1, 0.15) is 0 Å². The molecule has 2 aromatic rings. The summed E-state index contributed by atoms with van der Waals surface area (Å²) in [5.74, 6) is 0.890. The summed E-state index contributed by atoms with van der Waals surface area (Å²) < 4.78 is 4.92. The van der Waals surface area contributed by atoms with E-state index in [9.17, 15) is 4.79 Å². The number of aromatic nitrogens is 2. The van der Waals surface area contributed by atoms with Crippen LogP contribution in [0.25, 0.3) is 11.4 Å². The van der Waals surface area contributed by atoms with Crippen molar-refractivity contribution in [2.75, 3.05) is 0 Å². The monoisotopic (exact) mass is 245 g/mol. The average Bonchev–Trinajstić information content (AvgIpc) is 2.75. The maximum atomic E-state index is 11.9. The molecule has 1 heterocycles. The number of carbonyl (C=O) groups excluding carboxylic acids is 1. The van der Waals surface area contributed by atoms with Gasteiger partial charge in [-0.3, -0.25) is 4.79 Å². The molecule has 1 aromatic heterocycles. The molecular formula is C13H15N3O2. The first-order valence-electron chi connectivity index (χ1n) is 5.78. The van der Waals surface area contributed by atoms with Gasteiger partial charge in [-0.15, -0.1) is 0 Å². The first-order chi connectivity index (χ1) is 8.56. The molecule has 0 saturated heterocycles. The van der Waals surface area contributed by atoms with Crippen LogP contribution in [-0.4, -0.2) is 22.1 Å². The summed E-state index contributed by atoms with van der Waals surface area (Å²) in [4.78, 5) is 16.0. The first kappa shape index (κ1) is 12.3. The Balaban J connectivity index is 2.28. The number of aryl methyl sites for hydroxylation is 1. The zero-order valence-electron chi connectivity index (χ0n) is 10.6. The SMILES string of the molecule is Cc1nc(-c2cccc(C(=O)NC(C)C)c2)no1. The van der Waals surface area contributed by atoms with Crippen molar-refractivity contribution in [2.45, 2.75) is 26.8 Å². The third-order valence-corrected chi connectivity index (χ3v) is 2.33. The van der Waals surface area contributed by atoms with E-state index in [2.05, 4.69) is 15.5 Å². The molecule has 1 N–H and O–H groups in total. The zero-order chi connectivity index (χ0) is 13.1. The fraction of sp³-hybridized carbons (Fsp3) is 0.308. The molecule has 0 aliphatic heterocycles. The van der Waals surface area contributed by atoms with Gasteiger partial charge in [0.05, 0.1) is 0 Å². The van der Waals surface area contributed by atoms with Crippen molar-refractivity contribution in [3.05, 3.63) is 35.7 Å². The highest BCUT2D eigenvalue weighted by molar-refractivity contribution is 5.95. The molecule has 0 fully saturated rings. The highest BCUT2D eigenvalue weighted by Gasteiger charge is 2.10. The second-order valence-electron chi connectivity index (χ2n) is 4.35. The summed E-state index contributed by atoms with van der Waals surface area (Å²) in [5.41, 5.74) is 1.35. The zero-order valence-corrected chi connectivity index (χ0v) is 10.6. The number of amides is 1. The average molecular weight is 245 g/mol. The highest BCUT2D eigenvalue weighted by Crippen LogP contribution is 2.17. The van der Waals surface area contributed by atoms with Crippen molar-refractivity contribution < 1.29 is 9.32 Å². The van der Waals surface area contributed by atoms with Crippen LogP contribution in [0.3, 0.4) is 0 Å².